The van der Waals surface area contributed by atoms with Crippen LogP contribution < -0.4 is 0 Å². The Kier molecular flexibility index (Phi) is 6.82. The van der Waals surface area contributed by atoms with E-state index < -0.39 is 0 Å². The van der Waals surface area contributed by atoms with Crippen LogP contribution in [0.15, 0.2) is 0 Å². The van der Waals surface area contributed by atoms with E-state index >= 15 is 0 Å². The molecule has 0 aromatic heterocycles. The Bertz CT molecular complexity index is 299. The van der Waals surface area contributed by atoms with Crippen molar-refractivity contribution < 1.29 is 9.53 Å². The number of hydrogen-bond donors (Lipinski definition) is 0. The molecule has 0 atom stereocenters. The number of ether oxygens (including phenoxy) is 1. The molecule has 2 fully saturated rings. The monoisotopic (exact) mass is 345 g/mol. The molecule has 2 saturated carbocycles. The van der Waals surface area contributed by atoms with Crippen LogP contribution in [0.5, 0.6) is 0 Å². The maximum absolute atomic E-state index is 12.6. The molecule has 0 saturated heterocycles. The molecular formula is C16H28BrNO2. The third-order valence-electron chi connectivity index (χ3n) is 4.72. The molecule has 0 bridgehead atoms. The van der Waals surface area contributed by atoms with Gasteiger partial charge < -0.3 is 9.64 Å². The van der Waals surface area contributed by atoms with Crippen molar-refractivity contribution in [2.24, 2.45) is 5.92 Å². The molecule has 2 aliphatic carbocycles. The molecule has 0 aromatic carbocycles. The third kappa shape index (κ3) is 4.45. The number of halogens is 1. The fourth-order valence-electron chi connectivity index (χ4n) is 3.57. The number of amides is 1. The standard InChI is InChI=1S/C16H28BrNO2/c1-2-20-15-10-13(11-15)12-16(19)18(9-8-17)14-6-4-3-5-7-14/h13-15H,2-12H2,1H3. The van der Waals surface area contributed by atoms with Crippen LogP contribution in [0.25, 0.3) is 0 Å². The molecule has 1 amide bonds. The predicted molar refractivity (Wildman–Crippen MR) is 85.1 cm³/mol. The molecule has 0 radical (unpaired) electrons. The third-order valence-corrected chi connectivity index (χ3v) is 5.07. The van der Waals surface area contributed by atoms with Crippen LogP contribution in [0, 0.1) is 5.92 Å². The summed E-state index contributed by atoms with van der Waals surface area (Å²) in [6.07, 6.45) is 9.60. The van der Waals surface area contributed by atoms with E-state index in [4.69, 9.17) is 4.74 Å². The Balaban J connectivity index is 1.78. The van der Waals surface area contributed by atoms with Gasteiger partial charge in [-0.25, -0.2) is 0 Å². The summed E-state index contributed by atoms with van der Waals surface area (Å²) in [5.41, 5.74) is 0. The minimum atomic E-state index is 0.372. The first-order chi connectivity index (χ1) is 9.74. The molecule has 2 rings (SSSR count). The topological polar surface area (TPSA) is 29.5 Å². The summed E-state index contributed by atoms with van der Waals surface area (Å²) in [6, 6.07) is 0.497. The van der Waals surface area contributed by atoms with Crippen LogP contribution in [0.1, 0.15) is 58.3 Å². The fourth-order valence-corrected chi connectivity index (χ4v) is 3.95. The first-order valence-corrected chi connectivity index (χ1v) is 9.33. The predicted octanol–water partition coefficient (Wildman–Crippen LogP) is 3.75. The molecule has 4 heteroatoms. The van der Waals surface area contributed by atoms with Crippen LogP contribution in [0.4, 0.5) is 0 Å². The zero-order chi connectivity index (χ0) is 14.4. The summed E-state index contributed by atoms with van der Waals surface area (Å²) in [4.78, 5) is 14.7. The summed E-state index contributed by atoms with van der Waals surface area (Å²) in [6.45, 7) is 3.70. The average molecular weight is 346 g/mol. The number of rotatable bonds is 7. The van der Waals surface area contributed by atoms with E-state index in [9.17, 15) is 4.79 Å². The lowest BCUT2D eigenvalue weighted by Gasteiger charge is -2.38. The zero-order valence-corrected chi connectivity index (χ0v) is 14.2. The largest absolute Gasteiger partial charge is 0.378 e. The van der Waals surface area contributed by atoms with Crippen molar-refractivity contribution >= 4 is 21.8 Å². The smallest absolute Gasteiger partial charge is 0.223 e. The lowest BCUT2D eigenvalue weighted by atomic mass is 9.79. The number of hydrogen-bond acceptors (Lipinski definition) is 2. The van der Waals surface area contributed by atoms with Crippen LogP contribution in [-0.4, -0.2) is 41.4 Å². The molecule has 0 unspecified atom stereocenters. The van der Waals surface area contributed by atoms with Gasteiger partial charge in [0, 0.05) is 30.9 Å². The van der Waals surface area contributed by atoms with Gasteiger partial charge >= 0.3 is 0 Å². The minimum Gasteiger partial charge on any atom is -0.378 e. The molecule has 2 aliphatic rings. The van der Waals surface area contributed by atoms with Crippen molar-refractivity contribution in [1.29, 1.82) is 0 Å². The number of carbonyl (C=O) groups is 1. The molecule has 116 valence electrons. The highest BCUT2D eigenvalue weighted by molar-refractivity contribution is 9.09. The first kappa shape index (κ1) is 16.3. The zero-order valence-electron chi connectivity index (χ0n) is 12.7. The van der Waals surface area contributed by atoms with Crippen LogP contribution in [0.2, 0.25) is 0 Å². The van der Waals surface area contributed by atoms with Crippen molar-refractivity contribution in [2.75, 3.05) is 18.5 Å². The van der Waals surface area contributed by atoms with Gasteiger partial charge in [-0.2, -0.15) is 0 Å². The van der Waals surface area contributed by atoms with Crippen LogP contribution in [0.3, 0.4) is 0 Å². The second-order valence-electron chi connectivity index (χ2n) is 6.19. The maximum Gasteiger partial charge on any atom is 0.223 e. The Hall–Kier alpha value is -0.0900. The quantitative estimate of drug-likeness (QED) is 0.657. The lowest BCUT2D eigenvalue weighted by molar-refractivity contribution is -0.137. The molecule has 3 nitrogen and oxygen atoms in total. The Morgan fingerprint density at radius 3 is 2.55 bits per heavy atom. The van der Waals surface area contributed by atoms with E-state index in [-0.39, 0.29) is 0 Å². The molecular weight excluding hydrogens is 318 g/mol. The summed E-state index contributed by atoms with van der Waals surface area (Å²) < 4.78 is 5.58. The van der Waals surface area contributed by atoms with Gasteiger partial charge in [0.15, 0.2) is 0 Å². The molecule has 0 aromatic rings. The Morgan fingerprint density at radius 1 is 1.25 bits per heavy atom. The van der Waals surface area contributed by atoms with Gasteiger partial charge in [0.25, 0.3) is 0 Å². The molecule has 0 N–H and O–H groups in total. The highest BCUT2D eigenvalue weighted by atomic mass is 79.9. The van der Waals surface area contributed by atoms with E-state index in [1.807, 2.05) is 6.92 Å². The fraction of sp³-hybridized carbons (Fsp3) is 0.938. The molecule has 0 aliphatic heterocycles. The van der Waals surface area contributed by atoms with Gasteiger partial charge in [0.05, 0.1) is 6.10 Å². The minimum absolute atomic E-state index is 0.372. The molecule has 20 heavy (non-hydrogen) atoms. The SMILES string of the molecule is CCOC1CC(CC(=O)N(CCBr)C2CCCCC2)C1. The van der Waals surface area contributed by atoms with Crippen LogP contribution >= 0.6 is 15.9 Å². The van der Waals surface area contributed by atoms with E-state index in [1.54, 1.807) is 0 Å². The second kappa shape index (κ2) is 8.38. The van der Waals surface area contributed by atoms with Gasteiger partial charge in [0.1, 0.15) is 0 Å². The van der Waals surface area contributed by atoms with E-state index in [0.717, 1.165) is 37.7 Å². The van der Waals surface area contributed by atoms with Gasteiger partial charge in [-0.05, 0) is 38.5 Å². The van der Waals surface area contributed by atoms with Crippen molar-refractivity contribution in [3.8, 4) is 0 Å². The molecule has 0 spiro atoms. The molecule has 0 heterocycles. The highest BCUT2D eigenvalue weighted by Gasteiger charge is 2.33. The van der Waals surface area contributed by atoms with Crippen LogP contribution in [-0.2, 0) is 9.53 Å². The van der Waals surface area contributed by atoms with Gasteiger partial charge in [-0.15, -0.1) is 0 Å². The van der Waals surface area contributed by atoms with E-state index in [2.05, 4.69) is 20.8 Å². The normalized spacial score (nSPS) is 27.1. The Labute approximate surface area is 131 Å². The van der Waals surface area contributed by atoms with Gasteiger partial charge in [-0.3, -0.25) is 4.79 Å². The number of carbonyl (C=O) groups excluding carboxylic acids is 1. The van der Waals surface area contributed by atoms with Gasteiger partial charge in [0.2, 0.25) is 5.91 Å². The summed E-state index contributed by atoms with van der Waals surface area (Å²) >= 11 is 3.50. The van der Waals surface area contributed by atoms with E-state index in [1.165, 1.54) is 32.1 Å². The van der Waals surface area contributed by atoms with Crippen molar-refractivity contribution in [3.63, 3.8) is 0 Å². The van der Waals surface area contributed by atoms with Gasteiger partial charge in [-0.1, -0.05) is 35.2 Å². The number of nitrogens with zero attached hydrogens (tertiary/aromatic N) is 1. The average Bonchev–Trinajstić information content (AvgIpc) is 2.43. The van der Waals surface area contributed by atoms with E-state index in [0.29, 0.717) is 24.0 Å². The number of alkyl halides is 1. The lowest BCUT2D eigenvalue weighted by Crippen LogP contribution is -2.44. The first-order valence-electron chi connectivity index (χ1n) is 8.21. The van der Waals surface area contributed by atoms with Crippen molar-refractivity contribution in [3.05, 3.63) is 0 Å². The summed E-state index contributed by atoms with van der Waals surface area (Å²) in [5.74, 6) is 0.928. The maximum atomic E-state index is 12.6. The summed E-state index contributed by atoms with van der Waals surface area (Å²) in [5, 5.41) is 0.890. The second-order valence-corrected chi connectivity index (χ2v) is 6.98. The summed E-state index contributed by atoms with van der Waals surface area (Å²) in [7, 11) is 0. The van der Waals surface area contributed by atoms with Crippen molar-refractivity contribution in [1.82, 2.24) is 4.90 Å². The Morgan fingerprint density at radius 2 is 1.95 bits per heavy atom. The van der Waals surface area contributed by atoms with Crippen molar-refractivity contribution in [2.45, 2.75) is 70.4 Å². The highest BCUT2D eigenvalue weighted by Crippen LogP contribution is 2.34.